The Morgan fingerprint density at radius 1 is 1.27 bits per heavy atom. The van der Waals surface area contributed by atoms with E-state index in [1.54, 1.807) is 23.3 Å². The van der Waals surface area contributed by atoms with Gasteiger partial charge in [0.25, 0.3) is 0 Å². The van der Waals surface area contributed by atoms with Crippen LogP contribution < -0.4 is 4.31 Å². The second-order valence-electron chi connectivity index (χ2n) is 7.44. The number of benzene rings is 1. The fourth-order valence-corrected chi connectivity index (χ4v) is 6.83. The number of thioether (sulfide) groups is 1. The second-order valence-corrected chi connectivity index (χ2v) is 11.0. The Morgan fingerprint density at radius 3 is 2.97 bits per heavy atom. The van der Waals surface area contributed by atoms with Crippen LogP contribution in [0.4, 0.5) is 5.69 Å². The quantitative estimate of drug-likeness (QED) is 0.507. The van der Waals surface area contributed by atoms with Gasteiger partial charge in [0.15, 0.2) is 0 Å². The number of fused-ring (bicyclic) bond motifs is 1. The van der Waals surface area contributed by atoms with Gasteiger partial charge in [-0.3, -0.25) is 9.89 Å². The number of rotatable bonds is 7. The minimum Gasteiger partial charge on any atom is -0.379 e. The molecule has 1 atom stereocenters. The molecule has 5 nitrogen and oxygen atoms in total. The molecule has 1 aromatic carbocycles. The van der Waals surface area contributed by atoms with Crippen LogP contribution in [0.5, 0.6) is 0 Å². The third-order valence-corrected chi connectivity index (χ3v) is 8.77. The lowest BCUT2D eigenvalue weighted by atomic mass is 10.2. The molecule has 5 rings (SSSR count). The molecule has 1 saturated heterocycles. The minimum atomic E-state index is 0.533. The summed E-state index contributed by atoms with van der Waals surface area (Å²) in [4.78, 5) is 11.1. The molecule has 1 unspecified atom stereocenters. The molecule has 2 aliphatic heterocycles. The summed E-state index contributed by atoms with van der Waals surface area (Å²) in [6, 6.07) is 13.1. The largest absolute Gasteiger partial charge is 0.379 e. The van der Waals surface area contributed by atoms with E-state index in [9.17, 15) is 0 Å². The molecule has 3 aromatic rings. The smallest absolute Gasteiger partial charge is 0.114 e. The van der Waals surface area contributed by atoms with Crippen molar-refractivity contribution >= 4 is 56.7 Å². The Balaban J connectivity index is 1.33. The van der Waals surface area contributed by atoms with Gasteiger partial charge >= 0.3 is 0 Å². The van der Waals surface area contributed by atoms with E-state index in [1.165, 1.54) is 20.8 Å². The molecule has 0 amide bonds. The molecule has 2 aliphatic rings. The highest BCUT2D eigenvalue weighted by atomic mass is 32.2. The number of para-hydroxylation sites is 1. The van der Waals surface area contributed by atoms with E-state index in [0.717, 1.165) is 56.7 Å². The van der Waals surface area contributed by atoms with Crippen molar-refractivity contribution in [1.29, 1.82) is 0 Å². The molecule has 30 heavy (non-hydrogen) atoms. The van der Waals surface area contributed by atoms with Crippen molar-refractivity contribution in [3.8, 4) is 0 Å². The lowest BCUT2D eigenvalue weighted by molar-refractivity contribution is 0.0385. The van der Waals surface area contributed by atoms with Gasteiger partial charge in [-0.1, -0.05) is 30.0 Å². The van der Waals surface area contributed by atoms with Crippen LogP contribution in [-0.2, 0) is 4.74 Å². The van der Waals surface area contributed by atoms with Crippen LogP contribution in [0.25, 0.3) is 10.9 Å². The van der Waals surface area contributed by atoms with Crippen molar-refractivity contribution in [2.45, 2.75) is 16.4 Å². The molecule has 0 radical (unpaired) electrons. The zero-order chi connectivity index (χ0) is 20.3. The fraction of sp³-hybridized carbons (Fsp3) is 0.409. The zero-order valence-corrected chi connectivity index (χ0v) is 19.5. The standard InChI is InChI=1S/C22H26N4OS3/c1-2-26(30-20-7-4-12-28-20)19-6-3-5-16-13-18(24-21(16)19)22-23-14-17(29-22)15-25-8-10-27-11-9-25/h3-7,12-13,17,24H,2,8-11,14-15H2,1H3. The molecule has 1 fully saturated rings. The monoisotopic (exact) mass is 458 g/mol. The summed E-state index contributed by atoms with van der Waals surface area (Å²) in [6.45, 7) is 8.92. The third-order valence-electron chi connectivity index (χ3n) is 5.40. The number of thiophene rings is 1. The number of nitrogens with zero attached hydrogens (tertiary/aromatic N) is 3. The van der Waals surface area contributed by atoms with Crippen molar-refractivity contribution in [3.05, 3.63) is 47.5 Å². The highest BCUT2D eigenvalue weighted by molar-refractivity contribution is 8.15. The van der Waals surface area contributed by atoms with Crippen molar-refractivity contribution in [3.63, 3.8) is 0 Å². The van der Waals surface area contributed by atoms with Crippen molar-refractivity contribution in [2.24, 2.45) is 4.99 Å². The maximum Gasteiger partial charge on any atom is 0.114 e. The number of hydrogen-bond acceptors (Lipinski definition) is 7. The maximum atomic E-state index is 5.47. The van der Waals surface area contributed by atoms with E-state index >= 15 is 0 Å². The molecule has 0 spiro atoms. The molecular weight excluding hydrogens is 432 g/mol. The predicted octanol–water partition coefficient (Wildman–Crippen LogP) is 4.96. The average molecular weight is 459 g/mol. The first-order valence-corrected chi connectivity index (χ1v) is 13.0. The van der Waals surface area contributed by atoms with Gasteiger partial charge in [0.2, 0.25) is 0 Å². The number of ether oxygens (including phenoxy) is 1. The lowest BCUT2D eigenvalue weighted by Gasteiger charge is -2.28. The number of nitrogens with one attached hydrogen (secondary N) is 1. The van der Waals surface area contributed by atoms with E-state index in [4.69, 9.17) is 9.73 Å². The minimum absolute atomic E-state index is 0.533. The Kier molecular flexibility index (Phi) is 6.38. The molecule has 2 aromatic heterocycles. The molecule has 1 N–H and O–H groups in total. The third kappa shape index (κ3) is 4.43. The number of H-pyrrole nitrogens is 1. The number of aromatic nitrogens is 1. The second kappa shape index (κ2) is 9.36. The number of aliphatic imine (C=N–C) groups is 1. The Morgan fingerprint density at radius 2 is 2.17 bits per heavy atom. The van der Waals surface area contributed by atoms with E-state index in [0.29, 0.717) is 5.25 Å². The van der Waals surface area contributed by atoms with E-state index in [1.807, 2.05) is 11.8 Å². The van der Waals surface area contributed by atoms with Crippen LogP contribution in [0.15, 0.2) is 51.0 Å². The zero-order valence-electron chi connectivity index (χ0n) is 17.0. The van der Waals surface area contributed by atoms with Gasteiger partial charge in [0.1, 0.15) is 5.04 Å². The highest BCUT2D eigenvalue weighted by Gasteiger charge is 2.25. The highest BCUT2D eigenvalue weighted by Crippen LogP contribution is 2.37. The first-order chi connectivity index (χ1) is 14.8. The summed E-state index contributed by atoms with van der Waals surface area (Å²) in [6.07, 6.45) is 0. The molecule has 0 bridgehead atoms. The summed E-state index contributed by atoms with van der Waals surface area (Å²) >= 11 is 5.50. The number of morpholine rings is 1. The predicted molar refractivity (Wildman–Crippen MR) is 132 cm³/mol. The van der Waals surface area contributed by atoms with Gasteiger partial charge in [-0.2, -0.15) is 0 Å². The molecule has 4 heterocycles. The Labute approximate surface area is 190 Å². The molecule has 8 heteroatoms. The molecule has 0 saturated carbocycles. The van der Waals surface area contributed by atoms with Gasteiger partial charge in [-0.25, -0.2) is 0 Å². The van der Waals surface area contributed by atoms with E-state index < -0.39 is 0 Å². The average Bonchev–Trinajstić information content (AvgIpc) is 3.53. The summed E-state index contributed by atoms with van der Waals surface area (Å²) in [5, 5.41) is 5.05. The number of hydrogen-bond donors (Lipinski definition) is 1. The SMILES string of the molecule is CCN(Sc1cccs1)c1cccc2cc(C3=NCC(CN4CCOCC4)S3)[nH]c12. The van der Waals surface area contributed by atoms with E-state index in [2.05, 4.69) is 62.9 Å². The van der Waals surface area contributed by atoms with Crippen LogP contribution in [0.3, 0.4) is 0 Å². The normalized spacial score (nSPS) is 20.0. The Hall–Kier alpha value is -1.45. The van der Waals surface area contributed by atoms with Crippen molar-refractivity contribution in [1.82, 2.24) is 9.88 Å². The van der Waals surface area contributed by atoms with Crippen molar-refractivity contribution in [2.75, 3.05) is 50.2 Å². The molecular formula is C22H26N4OS3. The number of anilines is 1. The maximum absolute atomic E-state index is 5.47. The van der Waals surface area contributed by atoms with Gasteiger partial charge in [0.05, 0.1) is 40.9 Å². The summed E-state index contributed by atoms with van der Waals surface area (Å²) in [5.41, 5.74) is 3.57. The summed E-state index contributed by atoms with van der Waals surface area (Å²) in [7, 11) is 0. The van der Waals surface area contributed by atoms with E-state index in [-0.39, 0.29) is 0 Å². The summed E-state index contributed by atoms with van der Waals surface area (Å²) < 4.78 is 9.14. The summed E-state index contributed by atoms with van der Waals surface area (Å²) in [5.74, 6) is 0. The van der Waals surface area contributed by atoms with Gasteiger partial charge < -0.3 is 14.0 Å². The lowest BCUT2D eigenvalue weighted by Crippen LogP contribution is -2.40. The first kappa shape index (κ1) is 20.5. The van der Waals surface area contributed by atoms with Crippen LogP contribution in [0.1, 0.15) is 12.6 Å². The van der Waals surface area contributed by atoms with Crippen LogP contribution in [0.2, 0.25) is 0 Å². The molecule has 158 valence electrons. The fourth-order valence-electron chi connectivity index (χ4n) is 3.90. The molecule has 0 aliphatic carbocycles. The van der Waals surface area contributed by atoms with Gasteiger partial charge in [-0.05, 0) is 42.5 Å². The first-order valence-electron chi connectivity index (χ1n) is 10.4. The van der Waals surface area contributed by atoms with Crippen LogP contribution in [0, 0.1) is 0 Å². The van der Waals surface area contributed by atoms with Crippen molar-refractivity contribution < 1.29 is 4.74 Å². The van der Waals surface area contributed by atoms with Crippen LogP contribution in [-0.4, -0.2) is 66.1 Å². The number of aromatic amines is 1. The van der Waals surface area contributed by atoms with Gasteiger partial charge in [0, 0.05) is 36.8 Å². The topological polar surface area (TPSA) is 43.9 Å². The van der Waals surface area contributed by atoms with Gasteiger partial charge in [-0.15, -0.1) is 11.3 Å². The Bertz CT molecular complexity index is 1010. The van der Waals surface area contributed by atoms with Crippen LogP contribution >= 0.6 is 35.0 Å².